The van der Waals surface area contributed by atoms with Crippen LogP contribution in [0.1, 0.15) is 60.3 Å². The second-order valence-electron chi connectivity index (χ2n) is 8.87. The molecule has 0 saturated carbocycles. The summed E-state index contributed by atoms with van der Waals surface area (Å²) < 4.78 is 7.53. The summed E-state index contributed by atoms with van der Waals surface area (Å²) in [5.74, 6) is 0.363. The highest BCUT2D eigenvalue weighted by Crippen LogP contribution is 2.41. The Hall–Kier alpha value is -1.89. The van der Waals surface area contributed by atoms with E-state index in [0.29, 0.717) is 6.42 Å². The maximum absolute atomic E-state index is 13.1. The maximum atomic E-state index is 13.1. The van der Waals surface area contributed by atoms with Crippen molar-refractivity contribution in [2.24, 2.45) is 12.5 Å². The fourth-order valence-electron chi connectivity index (χ4n) is 5.14. The van der Waals surface area contributed by atoms with Crippen molar-refractivity contribution in [1.82, 2.24) is 19.6 Å². The van der Waals surface area contributed by atoms with Gasteiger partial charge in [-0.15, -0.1) is 0 Å². The summed E-state index contributed by atoms with van der Waals surface area (Å²) in [6, 6.07) is 0. The van der Waals surface area contributed by atoms with E-state index in [0.717, 1.165) is 81.8 Å². The van der Waals surface area contributed by atoms with Crippen molar-refractivity contribution in [3.63, 3.8) is 0 Å². The number of rotatable bonds is 3. The van der Waals surface area contributed by atoms with Crippen molar-refractivity contribution < 1.29 is 14.3 Å². The van der Waals surface area contributed by atoms with Gasteiger partial charge in [0.15, 0.2) is 0 Å². The number of likely N-dealkylation sites (tertiary alicyclic amines) is 2. The molecule has 0 aliphatic carbocycles. The lowest BCUT2D eigenvalue weighted by Crippen LogP contribution is -2.53. The van der Waals surface area contributed by atoms with Crippen molar-refractivity contribution in [1.29, 1.82) is 0 Å². The van der Waals surface area contributed by atoms with Gasteiger partial charge in [0.2, 0.25) is 5.91 Å². The van der Waals surface area contributed by atoms with E-state index in [1.54, 1.807) is 4.68 Å². The summed E-state index contributed by atoms with van der Waals surface area (Å²) in [4.78, 5) is 29.5. The van der Waals surface area contributed by atoms with Crippen molar-refractivity contribution in [3.8, 4) is 0 Å². The van der Waals surface area contributed by atoms with Crippen molar-refractivity contribution >= 4 is 11.8 Å². The fourth-order valence-corrected chi connectivity index (χ4v) is 5.14. The second-order valence-corrected chi connectivity index (χ2v) is 8.87. The monoisotopic (exact) mass is 388 g/mol. The number of aryl methyl sites for hydroxylation is 2. The highest BCUT2D eigenvalue weighted by molar-refractivity contribution is 5.96. The van der Waals surface area contributed by atoms with Crippen LogP contribution in [0.3, 0.4) is 0 Å². The molecule has 1 spiro atoms. The lowest BCUT2D eigenvalue weighted by molar-refractivity contribution is -0.141. The molecule has 0 bridgehead atoms. The second kappa shape index (κ2) is 7.50. The highest BCUT2D eigenvalue weighted by atomic mass is 16.5. The largest absolute Gasteiger partial charge is 0.376 e. The third kappa shape index (κ3) is 3.56. The topological polar surface area (TPSA) is 67.7 Å². The molecule has 7 heteroatoms. The molecule has 4 rings (SSSR count). The predicted molar refractivity (Wildman–Crippen MR) is 105 cm³/mol. The van der Waals surface area contributed by atoms with E-state index in [2.05, 4.69) is 5.10 Å². The van der Waals surface area contributed by atoms with E-state index in [1.165, 1.54) is 0 Å². The van der Waals surface area contributed by atoms with Gasteiger partial charge >= 0.3 is 0 Å². The number of piperidine rings is 2. The SMILES string of the molecule is Cc1nn(C)c(C)c1C(=O)N1CCC2(CCC(=O)N(C[C@@H]3CCCO3)C2)CC1. The summed E-state index contributed by atoms with van der Waals surface area (Å²) >= 11 is 0. The van der Waals surface area contributed by atoms with Gasteiger partial charge in [0, 0.05) is 51.9 Å². The zero-order valence-corrected chi connectivity index (χ0v) is 17.4. The van der Waals surface area contributed by atoms with E-state index in [9.17, 15) is 9.59 Å². The zero-order valence-electron chi connectivity index (χ0n) is 17.4. The number of hydrogen-bond acceptors (Lipinski definition) is 4. The van der Waals surface area contributed by atoms with Gasteiger partial charge in [0.05, 0.1) is 17.4 Å². The Morgan fingerprint density at radius 3 is 2.61 bits per heavy atom. The molecular weight excluding hydrogens is 356 g/mol. The molecule has 2 amide bonds. The van der Waals surface area contributed by atoms with Crippen molar-refractivity contribution in [2.75, 3.05) is 32.8 Å². The number of hydrogen-bond donors (Lipinski definition) is 0. The number of nitrogens with zero attached hydrogens (tertiary/aromatic N) is 4. The van der Waals surface area contributed by atoms with Crippen LogP contribution in [0.4, 0.5) is 0 Å². The van der Waals surface area contributed by atoms with Gasteiger partial charge < -0.3 is 14.5 Å². The molecule has 3 fully saturated rings. The molecule has 0 unspecified atom stereocenters. The van der Waals surface area contributed by atoms with Crippen LogP contribution in [0.5, 0.6) is 0 Å². The van der Waals surface area contributed by atoms with E-state index in [1.807, 2.05) is 30.7 Å². The molecule has 0 N–H and O–H groups in total. The van der Waals surface area contributed by atoms with Crippen LogP contribution >= 0.6 is 0 Å². The Morgan fingerprint density at radius 2 is 2.00 bits per heavy atom. The molecule has 7 nitrogen and oxygen atoms in total. The summed E-state index contributed by atoms with van der Waals surface area (Å²) in [6.07, 6.45) is 5.86. The summed E-state index contributed by atoms with van der Waals surface area (Å²) in [7, 11) is 1.88. The quantitative estimate of drug-likeness (QED) is 0.795. The molecule has 1 aromatic rings. The first-order chi connectivity index (χ1) is 13.4. The van der Waals surface area contributed by atoms with Crippen LogP contribution in [0.25, 0.3) is 0 Å². The standard InChI is InChI=1S/C21H32N4O3/c1-15-19(16(2)23(3)22-15)20(27)24-10-8-21(9-11-24)7-6-18(26)25(14-21)13-17-5-4-12-28-17/h17H,4-14H2,1-3H3/t17-/m0/s1. The van der Waals surface area contributed by atoms with E-state index < -0.39 is 0 Å². The fraction of sp³-hybridized carbons (Fsp3) is 0.762. The van der Waals surface area contributed by atoms with Crippen LogP contribution in [0, 0.1) is 19.3 Å². The van der Waals surface area contributed by atoms with Gasteiger partial charge in [-0.3, -0.25) is 14.3 Å². The molecule has 4 heterocycles. The number of amides is 2. The number of aromatic nitrogens is 2. The first kappa shape index (κ1) is 19.4. The molecular formula is C21H32N4O3. The number of carbonyl (C=O) groups excluding carboxylic acids is 2. The smallest absolute Gasteiger partial charge is 0.257 e. The van der Waals surface area contributed by atoms with Gasteiger partial charge in [0.25, 0.3) is 5.91 Å². The molecule has 0 aromatic carbocycles. The Labute approximate surface area is 167 Å². The summed E-state index contributed by atoms with van der Waals surface area (Å²) in [5, 5.41) is 4.39. The Morgan fingerprint density at radius 1 is 1.25 bits per heavy atom. The average Bonchev–Trinajstić information content (AvgIpc) is 3.27. The molecule has 3 saturated heterocycles. The van der Waals surface area contributed by atoms with Crippen LogP contribution < -0.4 is 0 Å². The van der Waals surface area contributed by atoms with Crippen molar-refractivity contribution in [3.05, 3.63) is 17.0 Å². The van der Waals surface area contributed by atoms with Gasteiger partial charge in [0.1, 0.15) is 0 Å². The van der Waals surface area contributed by atoms with Crippen LogP contribution in [0.2, 0.25) is 0 Å². The zero-order chi connectivity index (χ0) is 19.9. The minimum Gasteiger partial charge on any atom is -0.376 e. The minimum atomic E-state index is 0.0982. The van der Waals surface area contributed by atoms with E-state index >= 15 is 0 Å². The lowest BCUT2D eigenvalue weighted by atomic mass is 9.72. The number of ether oxygens (including phenoxy) is 1. The highest BCUT2D eigenvalue weighted by Gasteiger charge is 2.42. The van der Waals surface area contributed by atoms with Crippen LogP contribution in [-0.2, 0) is 16.6 Å². The van der Waals surface area contributed by atoms with Crippen LogP contribution in [-0.4, -0.2) is 70.3 Å². The summed E-state index contributed by atoms with van der Waals surface area (Å²) in [6.45, 7) is 7.75. The molecule has 154 valence electrons. The predicted octanol–water partition coefficient (Wildman–Crippen LogP) is 2.06. The molecule has 3 aliphatic heterocycles. The van der Waals surface area contributed by atoms with Gasteiger partial charge in [-0.1, -0.05) is 0 Å². The minimum absolute atomic E-state index is 0.0982. The lowest BCUT2D eigenvalue weighted by Gasteiger charge is -2.47. The van der Waals surface area contributed by atoms with Gasteiger partial charge in [-0.05, 0) is 51.4 Å². The average molecular weight is 389 g/mol. The van der Waals surface area contributed by atoms with E-state index in [4.69, 9.17) is 4.74 Å². The third-order valence-corrected chi connectivity index (χ3v) is 7.03. The van der Waals surface area contributed by atoms with Crippen molar-refractivity contribution in [2.45, 2.75) is 58.5 Å². The molecule has 1 aromatic heterocycles. The van der Waals surface area contributed by atoms with Gasteiger partial charge in [-0.2, -0.15) is 5.10 Å². The molecule has 28 heavy (non-hydrogen) atoms. The number of carbonyl (C=O) groups is 2. The molecule has 3 aliphatic rings. The molecule has 0 radical (unpaired) electrons. The first-order valence-electron chi connectivity index (χ1n) is 10.6. The normalized spacial score (nSPS) is 25.0. The van der Waals surface area contributed by atoms with Gasteiger partial charge in [-0.25, -0.2) is 0 Å². The Kier molecular flexibility index (Phi) is 5.21. The first-order valence-corrected chi connectivity index (χ1v) is 10.6. The summed E-state index contributed by atoms with van der Waals surface area (Å²) in [5.41, 5.74) is 2.63. The third-order valence-electron chi connectivity index (χ3n) is 7.03. The maximum Gasteiger partial charge on any atom is 0.257 e. The Balaban J connectivity index is 1.39. The van der Waals surface area contributed by atoms with Crippen LogP contribution in [0.15, 0.2) is 0 Å². The molecule has 1 atom stereocenters. The Bertz CT molecular complexity index is 758. The van der Waals surface area contributed by atoms with E-state index in [-0.39, 0.29) is 23.3 Å².